The van der Waals surface area contributed by atoms with Crippen molar-refractivity contribution in [3.05, 3.63) is 23.8 Å². The van der Waals surface area contributed by atoms with E-state index in [-0.39, 0.29) is 5.91 Å². The standard InChI is InChI=1S/C15H21NO4/c1-18-13-5-3-12(11-14(13)19-2)4-6-15(17)16-7-9-20-10-8-16/h3,5,11H,4,6-10H2,1-2H3. The first-order valence-corrected chi connectivity index (χ1v) is 6.81. The van der Waals surface area contributed by atoms with E-state index in [1.165, 1.54) is 0 Å². The summed E-state index contributed by atoms with van der Waals surface area (Å²) in [4.78, 5) is 13.9. The van der Waals surface area contributed by atoms with Crippen LogP contribution in [0.2, 0.25) is 0 Å². The molecular formula is C15H21NO4. The van der Waals surface area contributed by atoms with Crippen molar-refractivity contribution in [2.75, 3.05) is 40.5 Å². The molecule has 1 heterocycles. The average molecular weight is 279 g/mol. The normalized spacial score (nSPS) is 15.0. The van der Waals surface area contributed by atoms with Gasteiger partial charge in [-0.2, -0.15) is 0 Å². The maximum atomic E-state index is 12.1. The van der Waals surface area contributed by atoms with Gasteiger partial charge in [-0.15, -0.1) is 0 Å². The molecule has 1 aliphatic rings. The van der Waals surface area contributed by atoms with Gasteiger partial charge < -0.3 is 19.1 Å². The van der Waals surface area contributed by atoms with Gasteiger partial charge in [0.2, 0.25) is 5.91 Å². The number of ether oxygens (including phenoxy) is 3. The number of aryl methyl sites for hydroxylation is 1. The average Bonchev–Trinajstić information content (AvgIpc) is 2.53. The van der Waals surface area contributed by atoms with E-state index in [0.717, 1.165) is 5.56 Å². The molecule has 5 heteroatoms. The number of morpholine rings is 1. The fourth-order valence-electron chi connectivity index (χ4n) is 2.26. The number of hydrogen-bond acceptors (Lipinski definition) is 4. The predicted molar refractivity (Wildman–Crippen MR) is 75.3 cm³/mol. The van der Waals surface area contributed by atoms with Crippen LogP contribution in [0.4, 0.5) is 0 Å². The number of amides is 1. The number of carbonyl (C=O) groups is 1. The fourth-order valence-corrected chi connectivity index (χ4v) is 2.26. The van der Waals surface area contributed by atoms with Crippen LogP contribution in [0.3, 0.4) is 0 Å². The van der Waals surface area contributed by atoms with E-state index in [9.17, 15) is 4.79 Å². The molecule has 1 aromatic carbocycles. The van der Waals surface area contributed by atoms with Gasteiger partial charge in [0.05, 0.1) is 27.4 Å². The van der Waals surface area contributed by atoms with Crippen molar-refractivity contribution in [2.45, 2.75) is 12.8 Å². The Morgan fingerprint density at radius 3 is 2.55 bits per heavy atom. The first-order chi connectivity index (χ1) is 9.74. The van der Waals surface area contributed by atoms with Gasteiger partial charge in [-0.25, -0.2) is 0 Å². The number of rotatable bonds is 5. The van der Waals surface area contributed by atoms with Gasteiger partial charge in [-0.3, -0.25) is 4.79 Å². The molecule has 1 aromatic rings. The zero-order valence-electron chi connectivity index (χ0n) is 12.1. The fraction of sp³-hybridized carbons (Fsp3) is 0.533. The molecule has 2 rings (SSSR count). The highest BCUT2D eigenvalue weighted by atomic mass is 16.5. The summed E-state index contributed by atoms with van der Waals surface area (Å²) in [6, 6.07) is 5.76. The van der Waals surface area contributed by atoms with Gasteiger partial charge >= 0.3 is 0 Å². The second kappa shape index (κ2) is 7.14. The first kappa shape index (κ1) is 14.7. The SMILES string of the molecule is COc1ccc(CCC(=O)N2CCOCC2)cc1OC. The van der Waals surface area contributed by atoms with E-state index in [1.54, 1.807) is 14.2 Å². The number of carbonyl (C=O) groups excluding carboxylic acids is 1. The topological polar surface area (TPSA) is 48.0 Å². The molecule has 1 amide bonds. The minimum atomic E-state index is 0.183. The van der Waals surface area contributed by atoms with E-state index in [4.69, 9.17) is 14.2 Å². The van der Waals surface area contributed by atoms with Gasteiger partial charge in [0.1, 0.15) is 0 Å². The number of methoxy groups -OCH3 is 2. The summed E-state index contributed by atoms with van der Waals surface area (Å²) >= 11 is 0. The van der Waals surface area contributed by atoms with E-state index in [1.807, 2.05) is 23.1 Å². The third-order valence-corrected chi connectivity index (χ3v) is 3.44. The van der Waals surface area contributed by atoms with E-state index in [0.29, 0.717) is 50.6 Å². The van der Waals surface area contributed by atoms with Crippen molar-refractivity contribution >= 4 is 5.91 Å². The smallest absolute Gasteiger partial charge is 0.223 e. The van der Waals surface area contributed by atoms with Crippen molar-refractivity contribution in [1.29, 1.82) is 0 Å². The van der Waals surface area contributed by atoms with Crippen LogP contribution in [0.1, 0.15) is 12.0 Å². The molecule has 110 valence electrons. The van der Waals surface area contributed by atoms with Crippen molar-refractivity contribution < 1.29 is 19.0 Å². The third-order valence-electron chi connectivity index (χ3n) is 3.44. The number of hydrogen-bond donors (Lipinski definition) is 0. The monoisotopic (exact) mass is 279 g/mol. The molecule has 0 aliphatic carbocycles. The minimum Gasteiger partial charge on any atom is -0.493 e. The van der Waals surface area contributed by atoms with Gasteiger partial charge in [-0.05, 0) is 24.1 Å². The van der Waals surface area contributed by atoms with E-state index in [2.05, 4.69) is 0 Å². The maximum Gasteiger partial charge on any atom is 0.223 e. The van der Waals surface area contributed by atoms with Gasteiger partial charge in [0.15, 0.2) is 11.5 Å². The lowest BCUT2D eigenvalue weighted by molar-refractivity contribution is -0.135. The lowest BCUT2D eigenvalue weighted by Gasteiger charge is -2.26. The summed E-state index contributed by atoms with van der Waals surface area (Å²) in [6.07, 6.45) is 1.21. The largest absolute Gasteiger partial charge is 0.493 e. The first-order valence-electron chi connectivity index (χ1n) is 6.81. The zero-order chi connectivity index (χ0) is 14.4. The number of nitrogens with zero attached hydrogens (tertiary/aromatic N) is 1. The molecule has 1 saturated heterocycles. The Bertz CT molecular complexity index is 455. The summed E-state index contributed by atoms with van der Waals surface area (Å²) in [5.74, 6) is 1.59. The summed E-state index contributed by atoms with van der Waals surface area (Å²) in [6.45, 7) is 2.68. The van der Waals surface area contributed by atoms with Gasteiger partial charge in [0, 0.05) is 19.5 Å². The molecule has 0 bridgehead atoms. The Balaban J connectivity index is 1.91. The molecule has 1 fully saturated rings. The molecule has 20 heavy (non-hydrogen) atoms. The second-order valence-corrected chi connectivity index (χ2v) is 4.68. The van der Waals surface area contributed by atoms with E-state index >= 15 is 0 Å². The van der Waals surface area contributed by atoms with Crippen LogP contribution in [-0.2, 0) is 16.0 Å². The highest BCUT2D eigenvalue weighted by molar-refractivity contribution is 5.76. The summed E-state index contributed by atoms with van der Waals surface area (Å²) in [5, 5.41) is 0. The lowest BCUT2D eigenvalue weighted by Crippen LogP contribution is -2.40. The summed E-state index contributed by atoms with van der Waals surface area (Å²) in [7, 11) is 3.22. The minimum absolute atomic E-state index is 0.183. The van der Waals surface area contributed by atoms with Gasteiger partial charge in [0.25, 0.3) is 0 Å². The quantitative estimate of drug-likeness (QED) is 0.819. The van der Waals surface area contributed by atoms with Crippen LogP contribution in [0.15, 0.2) is 18.2 Å². The Hall–Kier alpha value is -1.75. The van der Waals surface area contributed by atoms with Crippen LogP contribution in [0.25, 0.3) is 0 Å². The van der Waals surface area contributed by atoms with Crippen LogP contribution in [-0.4, -0.2) is 51.3 Å². The second-order valence-electron chi connectivity index (χ2n) is 4.68. The summed E-state index contributed by atoms with van der Waals surface area (Å²) in [5.41, 5.74) is 1.07. The molecule has 0 saturated carbocycles. The molecule has 0 radical (unpaired) electrons. The number of benzene rings is 1. The molecule has 5 nitrogen and oxygen atoms in total. The van der Waals surface area contributed by atoms with Crippen molar-refractivity contribution in [3.8, 4) is 11.5 Å². The van der Waals surface area contributed by atoms with Crippen molar-refractivity contribution in [3.63, 3.8) is 0 Å². The Labute approximate surface area is 119 Å². The van der Waals surface area contributed by atoms with Crippen molar-refractivity contribution in [1.82, 2.24) is 4.90 Å². The van der Waals surface area contributed by atoms with Crippen LogP contribution in [0, 0.1) is 0 Å². The highest BCUT2D eigenvalue weighted by Crippen LogP contribution is 2.28. The maximum absolute atomic E-state index is 12.1. The summed E-state index contributed by atoms with van der Waals surface area (Å²) < 4.78 is 15.7. The van der Waals surface area contributed by atoms with E-state index < -0.39 is 0 Å². The molecule has 0 spiro atoms. The van der Waals surface area contributed by atoms with Crippen molar-refractivity contribution in [2.24, 2.45) is 0 Å². The molecule has 1 aliphatic heterocycles. The third kappa shape index (κ3) is 3.63. The Kier molecular flexibility index (Phi) is 5.24. The lowest BCUT2D eigenvalue weighted by atomic mass is 10.1. The van der Waals surface area contributed by atoms with Crippen LogP contribution < -0.4 is 9.47 Å². The molecule has 0 atom stereocenters. The Morgan fingerprint density at radius 2 is 1.90 bits per heavy atom. The molecular weight excluding hydrogens is 258 g/mol. The molecule has 0 unspecified atom stereocenters. The van der Waals surface area contributed by atoms with Crippen LogP contribution >= 0.6 is 0 Å². The Morgan fingerprint density at radius 1 is 1.20 bits per heavy atom. The highest BCUT2D eigenvalue weighted by Gasteiger charge is 2.16. The molecule has 0 N–H and O–H groups in total. The van der Waals surface area contributed by atoms with Gasteiger partial charge in [-0.1, -0.05) is 6.07 Å². The zero-order valence-corrected chi connectivity index (χ0v) is 12.1. The predicted octanol–water partition coefficient (Wildman–Crippen LogP) is 1.50. The molecule has 0 aromatic heterocycles. The van der Waals surface area contributed by atoms with Crippen LogP contribution in [0.5, 0.6) is 11.5 Å².